The maximum absolute atomic E-state index is 10.9. The van der Waals surface area contributed by atoms with Gasteiger partial charge >= 0.3 is 9.17 Å². The van der Waals surface area contributed by atoms with E-state index in [2.05, 4.69) is 0 Å². The highest BCUT2D eigenvalue weighted by molar-refractivity contribution is 6.61. The van der Waals surface area contributed by atoms with E-state index in [1.807, 2.05) is 26.2 Å². The van der Waals surface area contributed by atoms with Gasteiger partial charge in [0.05, 0.1) is 0 Å². The molecule has 0 radical (unpaired) electrons. The molecule has 6 heteroatoms. The summed E-state index contributed by atoms with van der Waals surface area (Å²) in [5.41, 5.74) is 0. The number of rotatable bonds is 4. The molecule has 10 heavy (non-hydrogen) atoms. The predicted octanol–water partition coefficient (Wildman–Crippen LogP) is 0.402. The Morgan fingerprint density at radius 1 is 1.00 bits per heavy atom. The number of hydrogen-bond acceptors (Lipinski definition) is 3. The van der Waals surface area contributed by atoms with Crippen LogP contribution in [0.4, 0.5) is 0 Å². The topological polar surface area (TPSA) is 35.5 Å². The molecule has 0 atom stereocenters. The fourth-order valence-corrected chi connectivity index (χ4v) is 4.21. The normalized spacial score (nSPS) is 10.2. The third-order valence-electron chi connectivity index (χ3n) is 0.664. The van der Waals surface area contributed by atoms with Gasteiger partial charge in [0.15, 0.2) is 0 Å². The van der Waals surface area contributed by atoms with Gasteiger partial charge in [0.1, 0.15) is 0 Å². The van der Waals surface area contributed by atoms with Crippen LogP contribution < -0.4 is 0 Å². The molecule has 0 unspecified atom stereocenters. The molecule has 3 nitrogen and oxygen atoms in total. The van der Waals surface area contributed by atoms with Crippen LogP contribution in [0.5, 0.6) is 0 Å². The largest absolute Gasteiger partial charge is 0.736 e. The molecule has 0 aliphatic carbocycles. The molecule has 60 valence electrons. The Bertz CT molecular complexity index is 102. The van der Waals surface area contributed by atoms with E-state index in [-0.39, 0.29) is 0 Å². The Labute approximate surface area is 66.7 Å². The van der Waals surface area contributed by atoms with Crippen LogP contribution in [0.1, 0.15) is 0 Å². The summed E-state index contributed by atoms with van der Waals surface area (Å²) in [5.74, 6) is 0. The van der Waals surface area contributed by atoms with E-state index in [9.17, 15) is 4.46 Å². The molecule has 0 fully saturated rings. The third-order valence-corrected chi connectivity index (χ3v) is 5.97. The van der Waals surface area contributed by atoms with Gasteiger partial charge in [-0.1, -0.05) is 0 Å². The van der Waals surface area contributed by atoms with Crippen LogP contribution in [0.2, 0.25) is 26.2 Å². The first-order chi connectivity index (χ1) is 4.52. The van der Waals surface area contributed by atoms with Crippen LogP contribution in [-0.4, -0.2) is 27.3 Å². The molecule has 0 saturated carbocycles. The Morgan fingerprint density at radius 3 is 1.50 bits per heavy atom. The monoisotopic (exact) mass is 194 g/mol. The van der Waals surface area contributed by atoms with Crippen molar-refractivity contribution in [1.82, 2.24) is 0 Å². The lowest BCUT2D eigenvalue weighted by Gasteiger charge is -2.09. The van der Waals surface area contributed by atoms with Crippen LogP contribution in [-0.2, 0) is 12.7 Å². The first-order valence-corrected chi connectivity index (χ1v) is 10.2. The summed E-state index contributed by atoms with van der Waals surface area (Å²) in [4.78, 5) is 0. The van der Waals surface area contributed by atoms with Gasteiger partial charge in [-0.25, -0.2) is 0 Å². The fraction of sp³-hybridized carbons (Fsp3) is 1.00. The second-order valence-corrected chi connectivity index (χ2v) is 9.16. The lowest BCUT2D eigenvalue weighted by molar-refractivity contribution is 0.355. The third kappa shape index (κ3) is 6.17. The van der Waals surface area contributed by atoms with Gasteiger partial charge in [-0.2, -0.15) is 0 Å². The molecule has 0 amide bonds. The highest BCUT2D eigenvalue weighted by Crippen LogP contribution is 1.88. The zero-order valence-corrected chi connectivity index (χ0v) is 10.2. The maximum atomic E-state index is 10.9. The van der Waals surface area contributed by atoms with Gasteiger partial charge in [0.2, 0.25) is 18.1 Å². The molecule has 0 saturated heterocycles. The summed E-state index contributed by atoms with van der Waals surface area (Å²) in [5, 5.41) is 0. The van der Waals surface area contributed by atoms with E-state index < -0.39 is 27.3 Å². The van der Waals surface area contributed by atoms with Crippen LogP contribution in [0.3, 0.4) is 0 Å². The zero-order valence-electron chi connectivity index (χ0n) is 6.88. The Morgan fingerprint density at radius 2 is 1.30 bits per heavy atom. The minimum absolute atomic E-state index is 1.16. The van der Waals surface area contributed by atoms with Crippen molar-refractivity contribution in [3.05, 3.63) is 0 Å². The van der Waals surface area contributed by atoms with E-state index in [1.54, 1.807) is 0 Å². The first-order valence-electron chi connectivity index (χ1n) is 3.39. The van der Waals surface area contributed by atoms with E-state index >= 15 is 0 Å². The Kier molecular flexibility index (Phi) is 4.83. The molecule has 0 aliphatic heterocycles. The molecule has 0 aromatic carbocycles. The maximum Gasteiger partial charge on any atom is 0.736 e. The zero-order chi connectivity index (χ0) is 8.15. The van der Waals surface area contributed by atoms with Crippen molar-refractivity contribution < 1.29 is 12.7 Å². The predicted molar refractivity (Wildman–Crippen MR) is 46.4 cm³/mol. The molecule has 0 aliphatic rings. The Balaban J connectivity index is 3.44. The summed E-state index contributed by atoms with van der Waals surface area (Å²) < 4.78 is 21.0. The van der Waals surface area contributed by atoms with Crippen molar-refractivity contribution in [2.24, 2.45) is 0 Å². The van der Waals surface area contributed by atoms with Gasteiger partial charge in [0.25, 0.3) is 0 Å². The standard InChI is InChI=1S/C4H14O3Si3/c1-8(2)6-10(5)7-9(3)4/h8-9H,1-4H3. The van der Waals surface area contributed by atoms with Crippen molar-refractivity contribution in [2.45, 2.75) is 26.2 Å². The van der Waals surface area contributed by atoms with Gasteiger partial charge < -0.3 is 8.23 Å². The molecule has 0 bridgehead atoms. The highest BCUT2D eigenvalue weighted by atomic mass is 28.4. The quantitative estimate of drug-likeness (QED) is 0.608. The van der Waals surface area contributed by atoms with Crippen molar-refractivity contribution >= 4 is 27.3 Å². The van der Waals surface area contributed by atoms with Gasteiger partial charge in [-0.05, 0) is 26.2 Å². The smallest absolute Gasteiger partial charge is 0.555 e. The lowest BCUT2D eigenvalue weighted by atomic mass is 11.9. The van der Waals surface area contributed by atoms with Crippen LogP contribution >= 0.6 is 0 Å². The molecule has 0 rings (SSSR count). The summed E-state index contributed by atoms with van der Waals surface area (Å²) >= 11 is 0. The molecule has 0 spiro atoms. The first kappa shape index (κ1) is 10.1. The average Bonchev–Trinajstić information content (AvgIpc) is 1.58. The van der Waals surface area contributed by atoms with Gasteiger partial charge in [-0.15, -0.1) is 0 Å². The van der Waals surface area contributed by atoms with E-state index in [4.69, 9.17) is 8.23 Å². The SMILES string of the molecule is C[SiH](C)O[Si](=O)O[SiH](C)C. The van der Waals surface area contributed by atoms with E-state index in [0.717, 1.165) is 0 Å². The summed E-state index contributed by atoms with van der Waals surface area (Å²) in [7, 11) is -4.43. The minimum Gasteiger partial charge on any atom is -0.555 e. The molecular formula is C4H14O3Si3. The van der Waals surface area contributed by atoms with Crippen LogP contribution in [0, 0.1) is 0 Å². The highest BCUT2D eigenvalue weighted by Gasteiger charge is 2.14. The fourth-order valence-electron chi connectivity index (χ4n) is 0.413. The molecule has 0 heterocycles. The second-order valence-electron chi connectivity index (χ2n) is 2.58. The summed E-state index contributed by atoms with van der Waals surface area (Å²) in [6.45, 7) is 7.92. The van der Waals surface area contributed by atoms with Crippen molar-refractivity contribution in [2.75, 3.05) is 0 Å². The molecule has 0 aromatic rings. The minimum atomic E-state index is -2.12. The van der Waals surface area contributed by atoms with Crippen LogP contribution in [0.15, 0.2) is 0 Å². The number of hydrogen-bond donors (Lipinski definition) is 0. The lowest BCUT2D eigenvalue weighted by Crippen LogP contribution is -2.24. The van der Waals surface area contributed by atoms with Crippen LogP contribution in [0.25, 0.3) is 0 Å². The van der Waals surface area contributed by atoms with Crippen molar-refractivity contribution in [3.63, 3.8) is 0 Å². The van der Waals surface area contributed by atoms with Crippen molar-refractivity contribution in [1.29, 1.82) is 0 Å². The van der Waals surface area contributed by atoms with E-state index in [0.29, 0.717) is 0 Å². The average molecular weight is 194 g/mol. The molecule has 0 N–H and O–H groups in total. The summed E-state index contributed by atoms with van der Waals surface area (Å²) in [6, 6.07) is 0. The van der Waals surface area contributed by atoms with Crippen molar-refractivity contribution in [3.8, 4) is 0 Å². The molecule has 0 aromatic heterocycles. The van der Waals surface area contributed by atoms with Gasteiger partial charge in [-0.3, -0.25) is 4.46 Å². The second kappa shape index (κ2) is 4.80. The summed E-state index contributed by atoms with van der Waals surface area (Å²) in [6.07, 6.45) is 0. The van der Waals surface area contributed by atoms with E-state index in [1.165, 1.54) is 0 Å². The van der Waals surface area contributed by atoms with Gasteiger partial charge in [0, 0.05) is 0 Å². The Hall–Kier alpha value is 0.0506. The molecular weight excluding hydrogens is 180 g/mol.